The van der Waals surface area contributed by atoms with Gasteiger partial charge in [-0.3, -0.25) is 0 Å². The predicted molar refractivity (Wildman–Crippen MR) is 61.4 cm³/mol. The first-order chi connectivity index (χ1) is 5.45. The first-order valence-electron chi connectivity index (χ1n) is 4.52. The lowest BCUT2D eigenvalue weighted by Gasteiger charge is -2.14. The van der Waals surface area contributed by atoms with Crippen LogP contribution in [0.5, 0.6) is 0 Å². The molecule has 0 aromatic carbocycles. The van der Waals surface area contributed by atoms with Crippen molar-refractivity contribution in [3.05, 3.63) is 0 Å². The fraction of sp³-hybridized carbons (Fsp3) is 1.00. The Morgan fingerprint density at radius 3 is 2.17 bits per heavy atom. The second kappa shape index (κ2) is 6.53. The Kier molecular flexibility index (Phi) is 7.12. The van der Waals surface area contributed by atoms with E-state index >= 15 is 0 Å². The molecule has 1 unspecified atom stereocenters. The van der Waals surface area contributed by atoms with Gasteiger partial charge in [-0.2, -0.15) is 0 Å². The van der Waals surface area contributed by atoms with E-state index in [-0.39, 0.29) is 0 Å². The van der Waals surface area contributed by atoms with Crippen LogP contribution >= 0.6 is 33.2 Å². The number of rotatable bonds is 6. The van der Waals surface area contributed by atoms with Gasteiger partial charge in [0.25, 0.3) is 0 Å². The third-order valence-electron chi connectivity index (χ3n) is 1.88. The summed E-state index contributed by atoms with van der Waals surface area (Å²) in [6.07, 6.45) is 5.03. The molecule has 0 aromatic heterocycles. The van der Waals surface area contributed by atoms with Gasteiger partial charge in [-0.25, -0.2) is 0 Å². The minimum absolute atomic E-state index is 0.579. The summed E-state index contributed by atoms with van der Waals surface area (Å²) in [5.41, 5.74) is 0. The molecule has 0 rings (SSSR count). The Morgan fingerprint density at radius 1 is 1.17 bits per heavy atom. The van der Waals surface area contributed by atoms with Gasteiger partial charge in [0.05, 0.1) is 0 Å². The van der Waals surface area contributed by atoms with E-state index in [4.69, 9.17) is 33.2 Å². The molecule has 0 aliphatic heterocycles. The zero-order valence-electron chi connectivity index (χ0n) is 7.75. The average Bonchev–Trinajstić information content (AvgIpc) is 1.84. The molecule has 12 heavy (non-hydrogen) atoms. The van der Waals surface area contributed by atoms with Crippen LogP contribution in [0.3, 0.4) is 0 Å². The number of hydrogen-bond acceptors (Lipinski definition) is 0. The van der Waals surface area contributed by atoms with E-state index in [2.05, 4.69) is 13.8 Å². The summed E-state index contributed by atoms with van der Waals surface area (Å²) >= 11 is 17.4. The van der Waals surface area contributed by atoms with Crippen molar-refractivity contribution in [1.82, 2.24) is 0 Å². The Balaban J connectivity index is 3.40. The lowest BCUT2D eigenvalue weighted by Crippen LogP contribution is -2.13. The van der Waals surface area contributed by atoms with E-state index in [9.17, 15) is 0 Å². The molecule has 0 saturated heterocycles. The van der Waals surface area contributed by atoms with Gasteiger partial charge in [-0.15, -0.1) is 33.2 Å². The first kappa shape index (κ1) is 13.1. The quantitative estimate of drug-likeness (QED) is 0.357. The molecule has 0 saturated carbocycles. The molecule has 4 heteroatoms. The molecule has 0 aliphatic rings. The van der Waals surface area contributed by atoms with Gasteiger partial charge in [0.2, 0.25) is 0 Å². The maximum atomic E-state index is 5.81. The lowest BCUT2D eigenvalue weighted by molar-refractivity contribution is 0.532. The lowest BCUT2D eigenvalue weighted by atomic mass is 10.1. The standard InChI is InChI=1S/C8H17Cl3Si/c1-3-4-5-6-8(2)7-12(9,10)11/h8H,3-7H2,1-2H3. The van der Waals surface area contributed by atoms with Crippen LogP contribution in [0, 0.1) is 5.92 Å². The molecule has 0 amide bonds. The van der Waals surface area contributed by atoms with Gasteiger partial charge >= 0.3 is 6.00 Å². The first-order valence-corrected chi connectivity index (χ1v) is 9.76. The molecule has 1 atom stereocenters. The molecule has 0 bridgehead atoms. The van der Waals surface area contributed by atoms with Crippen LogP contribution in [0.15, 0.2) is 0 Å². The van der Waals surface area contributed by atoms with Crippen molar-refractivity contribution >= 4 is 39.2 Å². The summed E-state index contributed by atoms with van der Waals surface area (Å²) in [4.78, 5) is 0. The van der Waals surface area contributed by atoms with Crippen LogP contribution < -0.4 is 0 Å². The number of halogens is 3. The average molecular weight is 248 g/mol. The van der Waals surface area contributed by atoms with E-state index in [0.29, 0.717) is 5.92 Å². The second-order valence-electron chi connectivity index (χ2n) is 3.42. The second-order valence-corrected chi connectivity index (χ2v) is 12.6. The molecule has 0 heterocycles. The third-order valence-corrected chi connectivity index (χ3v) is 4.43. The largest absolute Gasteiger partial charge is 0.341 e. The molecule has 74 valence electrons. The van der Waals surface area contributed by atoms with Crippen molar-refractivity contribution in [1.29, 1.82) is 0 Å². The number of hydrogen-bond donors (Lipinski definition) is 0. The van der Waals surface area contributed by atoms with Gasteiger partial charge in [-0.05, 0) is 12.0 Å². The zero-order chi connectivity index (χ0) is 9.61. The highest BCUT2D eigenvalue weighted by molar-refractivity contribution is 7.64. The third kappa shape index (κ3) is 9.18. The van der Waals surface area contributed by atoms with E-state index < -0.39 is 6.00 Å². The molecule has 0 N–H and O–H groups in total. The Morgan fingerprint density at radius 2 is 1.75 bits per heavy atom. The van der Waals surface area contributed by atoms with Gasteiger partial charge in [0, 0.05) is 0 Å². The van der Waals surface area contributed by atoms with Crippen molar-refractivity contribution in [3.63, 3.8) is 0 Å². The molecule has 0 radical (unpaired) electrons. The summed E-state index contributed by atoms with van der Waals surface area (Å²) in [6.45, 7) is 4.37. The fourth-order valence-electron chi connectivity index (χ4n) is 1.24. The van der Waals surface area contributed by atoms with Crippen molar-refractivity contribution in [2.24, 2.45) is 5.92 Å². The van der Waals surface area contributed by atoms with Crippen molar-refractivity contribution in [3.8, 4) is 0 Å². The minimum atomic E-state index is -2.36. The van der Waals surface area contributed by atoms with Crippen LogP contribution in [0.1, 0.15) is 39.5 Å². The number of unbranched alkanes of at least 4 members (excludes halogenated alkanes) is 2. The van der Waals surface area contributed by atoms with Crippen molar-refractivity contribution in [2.45, 2.75) is 45.6 Å². The highest BCUT2D eigenvalue weighted by Crippen LogP contribution is 2.30. The minimum Gasteiger partial charge on any atom is -0.126 e. The molecule has 0 fully saturated rings. The maximum absolute atomic E-state index is 5.81. The zero-order valence-corrected chi connectivity index (χ0v) is 11.0. The van der Waals surface area contributed by atoms with Gasteiger partial charge in [0.15, 0.2) is 0 Å². The Hall–Kier alpha value is 1.09. The van der Waals surface area contributed by atoms with Crippen LogP contribution in [0.25, 0.3) is 0 Å². The Labute approximate surface area is 90.7 Å². The van der Waals surface area contributed by atoms with E-state index in [1.54, 1.807) is 0 Å². The van der Waals surface area contributed by atoms with Crippen LogP contribution in [-0.4, -0.2) is 6.00 Å². The highest BCUT2D eigenvalue weighted by atomic mass is 35.8. The predicted octanol–water partition coefficient (Wildman–Crippen LogP) is 4.86. The maximum Gasteiger partial charge on any atom is 0.341 e. The van der Waals surface area contributed by atoms with Crippen LogP contribution in [-0.2, 0) is 0 Å². The fourth-order valence-corrected chi connectivity index (χ4v) is 4.61. The smallest absolute Gasteiger partial charge is 0.126 e. The summed E-state index contributed by atoms with van der Waals surface area (Å²) in [5, 5.41) is 0. The van der Waals surface area contributed by atoms with Crippen molar-refractivity contribution in [2.75, 3.05) is 0 Å². The molecule has 0 spiro atoms. The molecule has 0 aromatic rings. The summed E-state index contributed by atoms with van der Waals surface area (Å²) in [6, 6.07) is -1.56. The van der Waals surface area contributed by atoms with Crippen molar-refractivity contribution < 1.29 is 0 Å². The monoisotopic (exact) mass is 246 g/mol. The van der Waals surface area contributed by atoms with Gasteiger partial charge in [-0.1, -0.05) is 39.5 Å². The molecule has 0 aliphatic carbocycles. The topological polar surface area (TPSA) is 0 Å². The summed E-state index contributed by atoms with van der Waals surface area (Å²) in [5.74, 6) is 0.579. The van der Waals surface area contributed by atoms with Gasteiger partial charge < -0.3 is 0 Å². The summed E-state index contributed by atoms with van der Waals surface area (Å²) < 4.78 is 0. The van der Waals surface area contributed by atoms with Crippen LogP contribution in [0.4, 0.5) is 0 Å². The van der Waals surface area contributed by atoms with Gasteiger partial charge in [0.1, 0.15) is 0 Å². The van der Waals surface area contributed by atoms with E-state index in [1.807, 2.05) is 0 Å². The summed E-state index contributed by atoms with van der Waals surface area (Å²) in [7, 11) is 0. The molecular formula is C8H17Cl3Si. The molecule has 0 nitrogen and oxygen atoms in total. The SMILES string of the molecule is CCCCCC(C)C[Si](Cl)(Cl)Cl. The Bertz CT molecular complexity index is 111. The van der Waals surface area contributed by atoms with E-state index in [0.717, 1.165) is 6.04 Å². The van der Waals surface area contributed by atoms with Crippen LogP contribution in [0.2, 0.25) is 6.04 Å². The van der Waals surface area contributed by atoms with E-state index in [1.165, 1.54) is 25.7 Å². The molecular weight excluding hydrogens is 231 g/mol. The normalized spacial score (nSPS) is 14.8. The highest BCUT2D eigenvalue weighted by Gasteiger charge is 2.27.